The minimum Gasteiger partial charge on any atom is -0.488 e. The van der Waals surface area contributed by atoms with E-state index < -0.39 is 5.97 Å². The average Bonchev–Trinajstić information content (AvgIpc) is 2.67. The van der Waals surface area contributed by atoms with Gasteiger partial charge in [0.15, 0.2) is 0 Å². The number of hydrogen-bond donors (Lipinski definition) is 2. The summed E-state index contributed by atoms with van der Waals surface area (Å²) in [4.78, 5) is 11.2. The number of halogens is 1. The van der Waals surface area contributed by atoms with Crippen LogP contribution in [-0.2, 0) is 13.2 Å². The third-order valence-electron chi connectivity index (χ3n) is 4.28. The number of carbonyl (C=O) groups is 1. The highest BCUT2D eigenvalue weighted by molar-refractivity contribution is 9.10. The minimum atomic E-state index is -0.918. The Morgan fingerprint density at radius 2 is 1.81 bits per heavy atom. The highest BCUT2D eigenvalue weighted by Crippen LogP contribution is 2.27. The van der Waals surface area contributed by atoms with Crippen molar-refractivity contribution in [3.8, 4) is 5.75 Å². The molecule has 0 heterocycles. The Morgan fingerprint density at radius 1 is 1.04 bits per heavy atom. The molecule has 0 unspecified atom stereocenters. The fourth-order valence-electron chi connectivity index (χ4n) is 2.76. The topological polar surface area (TPSA) is 58.6 Å². The van der Waals surface area contributed by atoms with Crippen molar-refractivity contribution in [3.63, 3.8) is 0 Å². The summed E-state index contributed by atoms with van der Waals surface area (Å²) in [5.74, 6) is -0.134. The monoisotopic (exact) mass is 425 g/mol. The van der Waals surface area contributed by atoms with E-state index in [0.29, 0.717) is 18.7 Å². The predicted molar refractivity (Wildman–Crippen MR) is 110 cm³/mol. The van der Waals surface area contributed by atoms with Gasteiger partial charge in [0.2, 0.25) is 0 Å². The lowest BCUT2D eigenvalue weighted by molar-refractivity contribution is 0.0696. The van der Waals surface area contributed by atoms with Crippen molar-refractivity contribution < 1.29 is 14.6 Å². The van der Waals surface area contributed by atoms with Gasteiger partial charge in [-0.15, -0.1) is 0 Å². The van der Waals surface area contributed by atoms with Crippen LogP contribution in [0.1, 0.15) is 27.0 Å². The smallest absolute Gasteiger partial charge is 0.336 e. The van der Waals surface area contributed by atoms with Crippen molar-refractivity contribution in [1.82, 2.24) is 0 Å². The molecule has 4 nitrogen and oxygen atoms in total. The zero-order valence-electron chi connectivity index (χ0n) is 14.9. The number of anilines is 1. The van der Waals surface area contributed by atoms with Crippen LogP contribution in [0.5, 0.6) is 5.75 Å². The van der Waals surface area contributed by atoms with Crippen molar-refractivity contribution in [1.29, 1.82) is 0 Å². The number of carboxylic acid groups (broad SMARTS) is 1. The normalized spacial score (nSPS) is 10.4. The Balaban J connectivity index is 1.64. The van der Waals surface area contributed by atoms with Gasteiger partial charge in [-0.2, -0.15) is 0 Å². The van der Waals surface area contributed by atoms with E-state index in [9.17, 15) is 9.90 Å². The van der Waals surface area contributed by atoms with Crippen LogP contribution in [0.15, 0.2) is 71.2 Å². The van der Waals surface area contributed by atoms with Gasteiger partial charge in [-0.3, -0.25) is 0 Å². The second-order valence-electron chi connectivity index (χ2n) is 6.18. The third kappa shape index (κ3) is 4.89. The second kappa shape index (κ2) is 8.73. The van der Waals surface area contributed by atoms with E-state index in [-0.39, 0.29) is 0 Å². The maximum atomic E-state index is 11.2. The summed E-state index contributed by atoms with van der Waals surface area (Å²) < 4.78 is 6.75. The van der Waals surface area contributed by atoms with Crippen LogP contribution >= 0.6 is 15.9 Å². The summed E-state index contributed by atoms with van der Waals surface area (Å²) in [5.41, 5.74) is 4.03. The van der Waals surface area contributed by atoms with E-state index in [4.69, 9.17) is 4.74 Å². The van der Waals surface area contributed by atoms with E-state index in [1.807, 2.05) is 61.5 Å². The number of benzene rings is 3. The van der Waals surface area contributed by atoms with Gasteiger partial charge in [-0.05, 0) is 63.8 Å². The Kier molecular flexibility index (Phi) is 6.14. The molecule has 0 saturated heterocycles. The molecule has 0 amide bonds. The SMILES string of the molecule is Cc1c(NCc2ccc(OCc3ccccc3)c(Br)c2)cccc1C(=O)O. The van der Waals surface area contributed by atoms with Crippen LogP contribution in [0.4, 0.5) is 5.69 Å². The van der Waals surface area contributed by atoms with Crippen LogP contribution in [-0.4, -0.2) is 11.1 Å². The molecule has 27 heavy (non-hydrogen) atoms. The number of ether oxygens (including phenoxy) is 1. The molecule has 3 aromatic carbocycles. The summed E-state index contributed by atoms with van der Waals surface area (Å²) in [7, 11) is 0. The Morgan fingerprint density at radius 3 is 2.52 bits per heavy atom. The molecule has 0 aliphatic rings. The largest absolute Gasteiger partial charge is 0.488 e. The molecule has 0 saturated carbocycles. The second-order valence-corrected chi connectivity index (χ2v) is 7.03. The van der Waals surface area contributed by atoms with Gasteiger partial charge in [0, 0.05) is 12.2 Å². The van der Waals surface area contributed by atoms with Gasteiger partial charge in [0.05, 0.1) is 10.0 Å². The number of carboxylic acids is 1. The van der Waals surface area contributed by atoms with E-state index in [0.717, 1.165) is 32.6 Å². The molecule has 5 heteroatoms. The lowest BCUT2D eigenvalue weighted by Crippen LogP contribution is -2.06. The fraction of sp³-hybridized carbons (Fsp3) is 0.136. The molecular weight excluding hydrogens is 406 g/mol. The number of hydrogen-bond acceptors (Lipinski definition) is 3. The van der Waals surface area contributed by atoms with Crippen LogP contribution in [0.2, 0.25) is 0 Å². The molecule has 3 aromatic rings. The molecule has 0 radical (unpaired) electrons. The van der Waals surface area contributed by atoms with Gasteiger partial charge in [0.1, 0.15) is 12.4 Å². The molecular formula is C22H20BrNO3. The standard InChI is InChI=1S/C22H20BrNO3/c1-15-18(22(25)26)8-5-9-20(15)24-13-17-10-11-21(19(23)12-17)27-14-16-6-3-2-4-7-16/h2-12,24H,13-14H2,1H3,(H,25,26). The molecule has 0 spiro atoms. The van der Waals surface area contributed by atoms with Crippen molar-refractivity contribution in [2.24, 2.45) is 0 Å². The Hall–Kier alpha value is -2.79. The first-order chi connectivity index (χ1) is 13.0. The first-order valence-electron chi connectivity index (χ1n) is 8.56. The van der Waals surface area contributed by atoms with Crippen molar-refractivity contribution in [2.45, 2.75) is 20.1 Å². The number of rotatable bonds is 7. The quantitative estimate of drug-likeness (QED) is 0.513. The molecule has 0 atom stereocenters. The Labute approximate surface area is 166 Å². The maximum absolute atomic E-state index is 11.2. The van der Waals surface area contributed by atoms with Crippen molar-refractivity contribution in [2.75, 3.05) is 5.32 Å². The summed E-state index contributed by atoms with van der Waals surface area (Å²) in [6.45, 7) is 2.90. The zero-order valence-corrected chi connectivity index (χ0v) is 16.5. The maximum Gasteiger partial charge on any atom is 0.336 e. The lowest BCUT2D eigenvalue weighted by Gasteiger charge is -2.13. The fourth-order valence-corrected chi connectivity index (χ4v) is 3.30. The van der Waals surface area contributed by atoms with Gasteiger partial charge < -0.3 is 15.2 Å². The summed E-state index contributed by atoms with van der Waals surface area (Å²) >= 11 is 3.56. The lowest BCUT2D eigenvalue weighted by atomic mass is 10.1. The highest BCUT2D eigenvalue weighted by atomic mass is 79.9. The van der Waals surface area contributed by atoms with Gasteiger partial charge in [-0.25, -0.2) is 4.79 Å². The average molecular weight is 426 g/mol. The third-order valence-corrected chi connectivity index (χ3v) is 4.90. The predicted octanol–water partition coefficient (Wildman–Crippen LogP) is 5.65. The first kappa shape index (κ1) is 19.0. The number of aromatic carboxylic acids is 1. The van der Waals surface area contributed by atoms with Crippen LogP contribution in [0, 0.1) is 6.92 Å². The van der Waals surface area contributed by atoms with Gasteiger partial charge >= 0.3 is 5.97 Å². The summed E-state index contributed by atoms with van der Waals surface area (Å²) in [6, 6.07) is 21.2. The van der Waals surface area contributed by atoms with E-state index >= 15 is 0 Å². The first-order valence-corrected chi connectivity index (χ1v) is 9.36. The Bertz CT molecular complexity index is 942. The van der Waals surface area contributed by atoms with Gasteiger partial charge in [0.25, 0.3) is 0 Å². The van der Waals surface area contributed by atoms with Crippen molar-refractivity contribution in [3.05, 3.63) is 93.5 Å². The molecule has 0 aromatic heterocycles. The molecule has 0 bridgehead atoms. The molecule has 0 fully saturated rings. The van der Waals surface area contributed by atoms with Crippen LogP contribution in [0.25, 0.3) is 0 Å². The van der Waals surface area contributed by atoms with E-state index in [1.54, 1.807) is 12.1 Å². The van der Waals surface area contributed by atoms with Crippen LogP contribution in [0.3, 0.4) is 0 Å². The summed E-state index contributed by atoms with van der Waals surface area (Å²) in [5, 5.41) is 12.5. The highest BCUT2D eigenvalue weighted by Gasteiger charge is 2.10. The van der Waals surface area contributed by atoms with Crippen molar-refractivity contribution >= 4 is 27.6 Å². The zero-order chi connectivity index (χ0) is 19.2. The molecule has 138 valence electrons. The molecule has 0 aliphatic carbocycles. The summed E-state index contributed by atoms with van der Waals surface area (Å²) in [6.07, 6.45) is 0. The molecule has 3 rings (SSSR count). The van der Waals surface area contributed by atoms with Gasteiger partial charge in [-0.1, -0.05) is 42.5 Å². The molecule has 2 N–H and O–H groups in total. The van der Waals surface area contributed by atoms with E-state index in [1.165, 1.54) is 0 Å². The van der Waals surface area contributed by atoms with Crippen LogP contribution < -0.4 is 10.1 Å². The van der Waals surface area contributed by atoms with E-state index in [2.05, 4.69) is 21.2 Å². The molecule has 0 aliphatic heterocycles. The number of nitrogens with one attached hydrogen (secondary N) is 1. The minimum absolute atomic E-state index is 0.311.